The number of hydrogen-bond donors (Lipinski definition) is 0. The van der Waals surface area contributed by atoms with Crippen LogP contribution in [0.15, 0.2) is 0 Å². The van der Waals surface area contributed by atoms with E-state index in [4.69, 9.17) is 0 Å². The van der Waals surface area contributed by atoms with E-state index in [1.54, 1.807) is 4.90 Å². The highest BCUT2D eigenvalue weighted by molar-refractivity contribution is 5.78. The van der Waals surface area contributed by atoms with E-state index in [1.165, 1.54) is 12.8 Å². The van der Waals surface area contributed by atoms with Gasteiger partial charge < -0.3 is 4.90 Å². The molecule has 78 valence electrons. The van der Waals surface area contributed by atoms with E-state index in [2.05, 4.69) is 13.8 Å². The first-order chi connectivity index (χ1) is 6.13. The van der Waals surface area contributed by atoms with Crippen LogP contribution in [0.1, 0.15) is 46.0 Å². The molecule has 1 atom stereocenters. The van der Waals surface area contributed by atoms with Crippen molar-refractivity contribution in [3.8, 4) is 0 Å². The topological polar surface area (TPSA) is 20.3 Å². The number of unbranched alkanes of at least 4 members (excludes halogenated alkanes) is 1. The summed E-state index contributed by atoms with van der Waals surface area (Å²) in [6, 6.07) is 0. The Morgan fingerprint density at radius 2 is 1.77 bits per heavy atom. The highest BCUT2D eigenvalue weighted by Gasteiger charge is 2.17. The second-order valence-electron chi connectivity index (χ2n) is 3.86. The van der Waals surface area contributed by atoms with Crippen molar-refractivity contribution in [1.29, 1.82) is 0 Å². The van der Waals surface area contributed by atoms with Crippen LogP contribution >= 0.6 is 0 Å². The zero-order valence-electron chi connectivity index (χ0n) is 9.47. The van der Waals surface area contributed by atoms with Crippen molar-refractivity contribution in [1.82, 2.24) is 4.90 Å². The molecule has 0 aliphatic carbocycles. The zero-order valence-corrected chi connectivity index (χ0v) is 9.47. The second kappa shape index (κ2) is 6.93. The molecule has 0 rings (SSSR count). The lowest BCUT2D eigenvalue weighted by molar-refractivity contribution is -0.133. The number of rotatable bonds is 6. The molecule has 2 heteroatoms. The molecule has 13 heavy (non-hydrogen) atoms. The van der Waals surface area contributed by atoms with Gasteiger partial charge in [-0.25, -0.2) is 0 Å². The molecule has 2 nitrogen and oxygen atoms in total. The molecule has 0 aliphatic heterocycles. The van der Waals surface area contributed by atoms with E-state index < -0.39 is 0 Å². The summed E-state index contributed by atoms with van der Waals surface area (Å²) in [6.45, 7) is 4.31. The number of carbonyl (C=O) groups excluding carboxylic acids is 1. The van der Waals surface area contributed by atoms with Gasteiger partial charge in [0.2, 0.25) is 5.91 Å². The van der Waals surface area contributed by atoms with Gasteiger partial charge in [-0.3, -0.25) is 4.79 Å². The van der Waals surface area contributed by atoms with Gasteiger partial charge in [-0.2, -0.15) is 0 Å². The van der Waals surface area contributed by atoms with Gasteiger partial charge in [0.1, 0.15) is 0 Å². The summed E-state index contributed by atoms with van der Waals surface area (Å²) >= 11 is 0. The molecular weight excluding hydrogens is 162 g/mol. The van der Waals surface area contributed by atoms with Crippen LogP contribution in [0.25, 0.3) is 0 Å². The van der Waals surface area contributed by atoms with Gasteiger partial charge in [-0.05, 0) is 12.8 Å². The third-order valence-electron chi connectivity index (χ3n) is 2.33. The van der Waals surface area contributed by atoms with Gasteiger partial charge in [0.25, 0.3) is 0 Å². The number of carbonyl (C=O) groups is 1. The lowest BCUT2D eigenvalue weighted by Crippen LogP contribution is -2.29. The Balaban J connectivity index is 3.99. The van der Waals surface area contributed by atoms with E-state index >= 15 is 0 Å². The molecule has 0 aromatic heterocycles. The average molecular weight is 185 g/mol. The minimum atomic E-state index is 0.264. The molecule has 1 unspecified atom stereocenters. The monoisotopic (exact) mass is 185 g/mol. The quantitative estimate of drug-likeness (QED) is 0.623. The van der Waals surface area contributed by atoms with Crippen LogP contribution in [0.4, 0.5) is 0 Å². The van der Waals surface area contributed by atoms with Gasteiger partial charge in [0.15, 0.2) is 0 Å². The molecule has 0 N–H and O–H groups in total. The average Bonchev–Trinajstić information content (AvgIpc) is 2.11. The van der Waals surface area contributed by atoms with E-state index in [0.29, 0.717) is 5.91 Å². The molecule has 0 spiro atoms. The minimum absolute atomic E-state index is 0.264. The van der Waals surface area contributed by atoms with Crippen LogP contribution in [0.5, 0.6) is 0 Å². The Labute approximate surface area is 82.3 Å². The predicted molar refractivity (Wildman–Crippen MR) is 56.6 cm³/mol. The summed E-state index contributed by atoms with van der Waals surface area (Å²) in [5.74, 6) is 0.565. The smallest absolute Gasteiger partial charge is 0.225 e. The first kappa shape index (κ1) is 12.5. The molecule has 0 radical (unpaired) electrons. The fourth-order valence-electron chi connectivity index (χ4n) is 1.56. The Morgan fingerprint density at radius 3 is 2.15 bits per heavy atom. The fraction of sp³-hybridized carbons (Fsp3) is 0.909. The lowest BCUT2D eigenvalue weighted by atomic mass is 9.96. The molecule has 0 aliphatic rings. The predicted octanol–water partition coefficient (Wildman–Crippen LogP) is 2.68. The molecule has 1 amide bonds. The van der Waals surface area contributed by atoms with Crippen LogP contribution in [-0.2, 0) is 4.79 Å². The molecule has 0 fully saturated rings. The van der Waals surface area contributed by atoms with Crippen LogP contribution in [0.3, 0.4) is 0 Å². The van der Waals surface area contributed by atoms with Gasteiger partial charge >= 0.3 is 0 Å². The maximum Gasteiger partial charge on any atom is 0.225 e. The van der Waals surface area contributed by atoms with Gasteiger partial charge in [-0.1, -0.05) is 33.1 Å². The van der Waals surface area contributed by atoms with Crippen molar-refractivity contribution in [3.63, 3.8) is 0 Å². The Hall–Kier alpha value is -0.530. The Kier molecular flexibility index (Phi) is 6.65. The minimum Gasteiger partial charge on any atom is -0.349 e. The summed E-state index contributed by atoms with van der Waals surface area (Å²) in [4.78, 5) is 13.4. The molecular formula is C11H23NO. The molecule has 0 saturated heterocycles. The summed E-state index contributed by atoms with van der Waals surface area (Å²) in [7, 11) is 3.69. The fourth-order valence-corrected chi connectivity index (χ4v) is 1.56. The van der Waals surface area contributed by atoms with E-state index in [1.807, 2.05) is 14.1 Å². The van der Waals surface area contributed by atoms with Gasteiger partial charge in [0, 0.05) is 20.0 Å². The molecule has 0 bridgehead atoms. The second-order valence-corrected chi connectivity index (χ2v) is 3.86. The van der Waals surface area contributed by atoms with Crippen LogP contribution < -0.4 is 0 Å². The van der Waals surface area contributed by atoms with Gasteiger partial charge in [-0.15, -0.1) is 0 Å². The van der Waals surface area contributed by atoms with Crippen molar-refractivity contribution in [2.45, 2.75) is 46.0 Å². The Bertz CT molecular complexity index is 143. The summed E-state index contributed by atoms with van der Waals surface area (Å²) in [5.41, 5.74) is 0. The highest BCUT2D eigenvalue weighted by Crippen LogP contribution is 2.16. The third-order valence-corrected chi connectivity index (χ3v) is 2.33. The maximum atomic E-state index is 11.7. The largest absolute Gasteiger partial charge is 0.349 e. The Morgan fingerprint density at radius 1 is 1.15 bits per heavy atom. The molecule has 0 aromatic carbocycles. The summed E-state index contributed by atoms with van der Waals surface area (Å²) < 4.78 is 0. The summed E-state index contributed by atoms with van der Waals surface area (Å²) in [5, 5.41) is 0. The zero-order chi connectivity index (χ0) is 10.3. The number of amides is 1. The maximum absolute atomic E-state index is 11.7. The lowest BCUT2D eigenvalue weighted by Gasteiger charge is -2.19. The first-order valence-electron chi connectivity index (χ1n) is 5.34. The normalized spacial score (nSPS) is 12.6. The van der Waals surface area contributed by atoms with E-state index in [0.717, 1.165) is 19.3 Å². The van der Waals surface area contributed by atoms with Crippen LogP contribution in [-0.4, -0.2) is 24.9 Å². The SMILES string of the molecule is CCCCC(CCC)C(=O)N(C)C. The molecule has 0 saturated carbocycles. The van der Waals surface area contributed by atoms with E-state index in [9.17, 15) is 4.79 Å². The van der Waals surface area contributed by atoms with Crippen LogP contribution in [0, 0.1) is 5.92 Å². The number of hydrogen-bond acceptors (Lipinski definition) is 1. The summed E-state index contributed by atoms with van der Waals surface area (Å²) in [6.07, 6.45) is 5.55. The van der Waals surface area contributed by atoms with E-state index in [-0.39, 0.29) is 5.92 Å². The van der Waals surface area contributed by atoms with Crippen molar-refractivity contribution in [2.24, 2.45) is 5.92 Å². The first-order valence-corrected chi connectivity index (χ1v) is 5.34. The number of nitrogens with zero attached hydrogens (tertiary/aromatic N) is 1. The van der Waals surface area contributed by atoms with Crippen molar-refractivity contribution in [3.05, 3.63) is 0 Å². The van der Waals surface area contributed by atoms with Crippen molar-refractivity contribution >= 4 is 5.91 Å². The standard InChI is InChI=1S/C11H23NO/c1-5-7-9-10(8-6-2)11(13)12(3)4/h10H,5-9H2,1-4H3. The highest BCUT2D eigenvalue weighted by atomic mass is 16.2. The van der Waals surface area contributed by atoms with Gasteiger partial charge in [0.05, 0.1) is 0 Å². The van der Waals surface area contributed by atoms with Crippen molar-refractivity contribution < 1.29 is 4.79 Å². The van der Waals surface area contributed by atoms with Crippen molar-refractivity contribution in [2.75, 3.05) is 14.1 Å². The molecule has 0 heterocycles. The van der Waals surface area contributed by atoms with Crippen LogP contribution in [0.2, 0.25) is 0 Å². The third kappa shape index (κ3) is 4.91. The molecule has 0 aromatic rings.